The molecule has 1 fully saturated rings. The van der Waals surface area contributed by atoms with E-state index >= 15 is 0 Å². The van der Waals surface area contributed by atoms with Gasteiger partial charge in [0.25, 0.3) is 0 Å². The Morgan fingerprint density at radius 2 is 2.32 bits per heavy atom. The normalized spacial score (nSPS) is 18.9. The van der Waals surface area contributed by atoms with Crippen molar-refractivity contribution in [1.29, 1.82) is 0 Å². The highest BCUT2D eigenvalue weighted by Crippen LogP contribution is 2.24. The number of H-pyrrole nitrogens is 1. The summed E-state index contributed by atoms with van der Waals surface area (Å²) < 4.78 is 13.7. The van der Waals surface area contributed by atoms with Crippen molar-refractivity contribution in [3.8, 4) is 11.3 Å². The van der Waals surface area contributed by atoms with E-state index in [0.29, 0.717) is 10.4 Å². The predicted octanol–water partition coefficient (Wildman–Crippen LogP) is 3.13. The van der Waals surface area contributed by atoms with Crippen molar-refractivity contribution in [2.24, 2.45) is 5.92 Å². The second-order valence-corrected chi connectivity index (χ2v) is 5.79. The lowest BCUT2D eigenvalue weighted by molar-refractivity contribution is 0.565. The summed E-state index contributed by atoms with van der Waals surface area (Å²) in [5.74, 6) is 1.42. The molecule has 100 valence electrons. The monoisotopic (exact) mass is 323 g/mol. The van der Waals surface area contributed by atoms with E-state index in [-0.39, 0.29) is 5.82 Å². The minimum Gasteiger partial charge on any atom is -0.342 e. The third-order valence-corrected chi connectivity index (χ3v) is 4.11. The Bertz CT molecular complexity index is 576. The molecular formula is C14H15BrFN3. The number of imidazole rings is 1. The van der Waals surface area contributed by atoms with Gasteiger partial charge in [-0.05, 0) is 59.6 Å². The number of hydrogen-bond acceptors (Lipinski definition) is 2. The third kappa shape index (κ3) is 2.87. The molecule has 2 heterocycles. The van der Waals surface area contributed by atoms with Crippen LogP contribution in [0.1, 0.15) is 12.2 Å². The summed E-state index contributed by atoms with van der Waals surface area (Å²) in [6.07, 6.45) is 3.99. The van der Waals surface area contributed by atoms with Crippen molar-refractivity contribution in [1.82, 2.24) is 15.3 Å². The maximum atomic E-state index is 13.2. The van der Waals surface area contributed by atoms with Crippen LogP contribution >= 0.6 is 15.9 Å². The van der Waals surface area contributed by atoms with Crippen molar-refractivity contribution in [2.45, 2.75) is 12.8 Å². The second kappa shape index (κ2) is 5.43. The number of aromatic amines is 1. The second-order valence-electron chi connectivity index (χ2n) is 4.94. The fourth-order valence-electron chi connectivity index (χ4n) is 2.44. The van der Waals surface area contributed by atoms with Crippen molar-refractivity contribution in [2.75, 3.05) is 13.1 Å². The van der Waals surface area contributed by atoms with Gasteiger partial charge in [-0.1, -0.05) is 0 Å². The number of aromatic nitrogens is 2. The van der Waals surface area contributed by atoms with Gasteiger partial charge in [0, 0.05) is 12.0 Å². The smallest absolute Gasteiger partial charge is 0.137 e. The van der Waals surface area contributed by atoms with Gasteiger partial charge in [-0.2, -0.15) is 0 Å². The summed E-state index contributed by atoms with van der Waals surface area (Å²) in [6, 6.07) is 4.99. The van der Waals surface area contributed by atoms with Crippen molar-refractivity contribution in [3.05, 3.63) is 40.5 Å². The molecule has 1 atom stereocenters. The van der Waals surface area contributed by atoms with E-state index in [9.17, 15) is 4.39 Å². The molecule has 5 heteroatoms. The fourth-order valence-corrected chi connectivity index (χ4v) is 2.82. The molecule has 0 aliphatic carbocycles. The first kappa shape index (κ1) is 12.8. The van der Waals surface area contributed by atoms with Crippen molar-refractivity contribution >= 4 is 15.9 Å². The van der Waals surface area contributed by atoms with E-state index in [1.165, 1.54) is 12.5 Å². The van der Waals surface area contributed by atoms with Crippen LogP contribution in [0, 0.1) is 11.7 Å². The molecular weight excluding hydrogens is 309 g/mol. The molecule has 19 heavy (non-hydrogen) atoms. The first-order chi connectivity index (χ1) is 9.22. The zero-order valence-electron chi connectivity index (χ0n) is 10.4. The number of hydrogen-bond donors (Lipinski definition) is 2. The number of benzene rings is 1. The van der Waals surface area contributed by atoms with Gasteiger partial charge in [-0.25, -0.2) is 9.37 Å². The summed E-state index contributed by atoms with van der Waals surface area (Å²) in [4.78, 5) is 7.74. The lowest BCUT2D eigenvalue weighted by Crippen LogP contribution is -2.11. The molecule has 1 aromatic carbocycles. The largest absolute Gasteiger partial charge is 0.342 e. The summed E-state index contributed by atoms with van der Waals surface area (Å²) >= 11 is 3.20. The lowest BCUT2D eigenvalue weighted by Gasteiger charge is -2.04. The van der Waals surface area contributed by atoms with Crippen LogP contribution in [0.15, 0.2) is 28.9 Å². The molecule has 3 nitrogen and oxygen atoms in total. The van der Waals surface area contributed by atoms with Gasteiger partial charge in [0.1, 0.15) is 11.6 Å². The molecule has 0 bridgehead atoms. The first-order valence-electron chi connectivity index (χ1n) is 6.42. The molecule has 2 N–H and O–H groups in total. The molecule has 1 aliphatic heterocycles. The van der Waals surface area contributed by atoms with E-state index < -0.39 is 0 Å². The van der Waals surface area contributed by atoms with E-state index in [1.54, 1.807) is 12.1 Å². The van der Waals surface area contributed by atoms with E-state index in [4.69, 9.17) is 0 Å². The molecule has 0 amide bonds. The van der Waals surface area contributed by atoms with Crippen LogP contribution in [0.2, 0.25) is 0 Å². The Morgan fingerprint density at radius 1 is 1.42 bits per heavy atom. The van der Waals surface area contributed by atoms with Gasteiger partial charge >= 0.3 is 0 Å². The number of halogens is 2. The maximum absolute atomic E-state index is 13.2. The standard InChI is InChI=1S/C14H15BrFN3/c15-11-6-10(1-2-12(11)16)13-8-18-14(19-13)5-9-3-4-17-7-9/h1-2,6,8-9,17H,3-5,7H2,(H,18,19). The molecule has 1 unspecified atom stereocenters. The van der Waals surface area contributed by atoms with Crippen LogP contribution in [0.25, 0.3) is 11.3 Å². The van der Waals surface area contributed by atoms with Crippen LogP contribution in [0.5, 0.6) is 0 Å². The van der Waals surface area contributed by atoms with Crippen LogP contribution < -0.4 is 5.32 Å². The predicted molar refractivity (Wildman–Crippen MR) is 76.4 cm³/mol. The molecule has 3 rings (SSSR count). The summed E-state index contributed by atoms with van der Waals surface area (Å²) in [6.45, 7) is 2.17. The average Bonchev–Trinajstić information content (AvgIpc) is 3.05. The van der Waals surface area contributed by atoms with Crippen LogP contribution in [-0.4, -0.2) is 23.1 Å². The molecule has 0 spiro atoms. The SMILES string of the molecule is Fc1ccc(-c2cnc(CC3CCNC3)[nH]2)cc1Br. The zero-order valence-corrected chi connectivity index (χ0v) is 12.0. The highest BCUT2D eigenvalue weighted by atomic mass is 79.9. The van der Waals surface area contributed by atoms with E-state index in [0.717, 1.165) is 36.6 Å². The van der Waals surface area contributed by atoms with Crippen molar-refractivity contribution < 1.29 is 4.39 Å². The van der Waals surface area contributed by atoms with E-state index in [2.05, 4.69) is 31.2 Å². The fraction of sp³-hybridized carbons (Fsp3) is 0.357. The topological polar surface area (TPSA) is 40.7 Å². The molecule has 1 saturated heterocycles. The highest BCUT2D eigenvalue weighted by Gasteiger charge is 2.16. The summed E-state index contributed by atoms with van der Waals surface area (Å²) in [7, 11) is 0. The number of nitrogens with zero attached hydrogens (tertiary/aromatic N) is 1. The van der Waals surface area contributed by atoms with Gasteiger partial charge in [0.05, 0.1) is 16.4 Å². The van der Waals surface area contributed by atoms with E-state index in [1.807, 2.05) is 6.20 Å². The van der Waals surface area contributed by atoms with Crippen LogP contribution in [0.3, 0.4) is 0 Å². The van der Waals surface area contributed by atoms with Gasteiger partial charge in [0.2, 0.25) is 0 Å². The van der Waals surface area contributed by atoms with Crippen LogP contribution in [-0.2, 0) is 6.42 Å². The molecule has 0 saturated carbocycles. The average molecular weight is 324 g/mol. The molecule has 0 radical (unpaired) electrons. The Morgan fingerprint density at radius 3 is 3.05 bits per heavy atom. The Hall–Kier alpha value is -1.20. The summed E-state index contributed by atoms with van der Waals surface area (Å²) in [5, 5.41) is 3.36. The Labute approximate surface area is 119 Å². The Kier molecular flexibility index (Phi) is 3.66. The molecule has 1 aromatic heterocycles. The molecule has 2 aromatic rings. The van der Waals surface area contributed by atoms with Gasteiger partial charge in [0.15, 0.2) is 0 Å². The summed E-state index contributed by atoms with van der Waals surface area (Å²) in [5.41, 5.74) is 1.87. The molecule has 1 aliphatic rings. The minimum absolute atomic E-state index is 0.250. The third-order valence-electron chi connectivity index (χ3n) is 3.50. The maximum Gasteiger partial charge on any atom is 0.137 e. The van der Waals surface area contributed by atoms with Gasteiger partial charge in [-0.15, -0.1) is 0 Å². The Balaban J connectivity index is 1.78. The van der Waals surface area contributed by atoms with Crippen LogP contribution in [0.4, 0.5) is 4.39 Å². The highest BCUT2D eigenvalue weighted by molar-refractivity contribution is 9.10. The lowest BCUT2D eigenvalue weighted by atomic mass is 10.1. The minimum atomic E-state index is -0.250. The van der Waals surface area contributed by atoms with Crippen molar-refractivity contribution in [3.63, 3.8) is 0 Å². The quantitative estimate of drug-likeness (QED) is 0.911. The van der Waals surface area contributed by atoms with Gasteiger partial charge < -0.3 is 10.3 Å². The number of nitrogens with one attached hydrogen (secondary N) is 2. The van der Waals surface area contributed by atoms with Gasteiger partial charge in [-0.3, -0.25) is 0 Å². The zero-order chi connectivity index (χ0) is 13.2. The number of rotatable bonds is 3. The first-order valence-corrected chi connectivity index (χ1v) is 7.21.